The molecule has 0 radical (unpaired) electrons. The Morgan fingerprint density at radius 1 is 1.38 bits per heavy atom. The molecule has 114 valence electrons. The third kappa shape index (κ3) is 3.96. The van der Waals surface area contributed by atoms with Gasteiger partial charge >= 0.3 is 0 Å². The summed E-state index contributed by atoms with van der Waals surface area (Å²) in [5, 5.41) is 7.33. The summed E-state index contributed by atoms with van der Waals surface area (Å²) in [7, 11) is -2.16. The minimum Gasteiger partial charge on any atom is -0.398 e. The molecule has 8 heteroatoms. The summed E-state index contributed by atoms with van der Waals surface area (Å²) in [5.74, 6) is 0. The fourth-order valence-corrected chi connectivity index (χ4v) is 2.76. The van der Waals surface area contributed by atoms with Gasteiger partial charge in [0.2, 0.25) is 10.0 Å². The van der Waals surface area contributed by atoms with E-state index in [-0.39, 0.29) is 10.6 Å². The van der Waals surface area contributed by atoms with Crippen molar-refractivity contribution in [3.8, 4) is 0 Å². The average Bonchev–Trinajstić information content (AvgIpc) is 2.96. The summed E-state index contributed by atoms with van der Waals surface area (Å²) in [4.78, 5) is 0.0899. The molecular weight excluding hydrogens is 290 g/mol. The second-order valence-corrected chi connectivity index (χ2v) is 6.36. The molecule has 0 aliphatic rings. The molecule has 0 spiro atoms. The maximum atomic E-state index is 11.7. The molecule has 0 bridgehead atoms. The SMILES string of the molecule is CNS(=O)(=O)c1ccc(NCCCn2cccn2)cc1N. The maximum Gasteiger partial charge on any atom is 0.242 e. The number of nitrogens with two attached hydrogens (primary N) is 1. The van der Waals surface area contributed by atoms with E-state index >= 15 is 0 Å². The minimum atomic E-state index is -3.51. The van der Waals surface area contributed by atoms with E-state index in [0.29, 0.717) is 0 Å². The lowest BCUT2D eigenvalue weighted by molar-refractivity contribution is 0.588. The van der Waals surface area contributed by atoms with Crippen LogP contribution in [0.25, 0.3) is 0 Å². The van der Waals surface area contributed by atoms with Gasteiger partial charge in [0.25, 0.3) is 0 Å². The quantitative estimate of drug-likeness (QED) is 0.520. The number of aromatic nitrogens is 2. The van der Waals surface area contributed by atoms with E-state index in [1.807, 2.05) is 16.9 Å². The first kappa shape index (κ1) is 15.3. The number of aryl methyl sites for hydroxylation is 1. The Balaban J connectivity index is 1.91. The molecular formula is C13H19N5O2S. The summed E-state index contributed by atoms with van der Waals surface area (Å²) >= 11 is 0. The summed E-state index contributed by atoms with van der Waals surface area (Å²) in [5.41, 5.74) is 6.81. The van der Waals surface area contributed by atoms with Crippen molar-refractivity contribution in [3.05, 3.63) is 36.7 Å². The lowest BCUT2D eigenvalue weighted by Gasteiger charge is -2.10. The Bertz CT molecular complexity index is 683. The fourth-order valence-electron chi connectivity index (χ4n) is 1.92. The lowest BCUT2D eigenvalue weighted by atomic mass is 10.2. The summed E-state index contributed by atoms with van der Waals surface area (Å²) < 4.78 is 27.5. The van der Waals surface area contributed by atoms with Crippen LogP contribution < -0.4 is 15.8 Å². The van der Waals surface area contributed by atoms with Crippen molar-refractivity contribution < 1.29 is 8.42 Å². The number of hydrogen-bond donors (Lipinski definition) is 3. The number of nitrogen functional groups attached to an aromatic ring is 1. The van der Waals surface area contributed by atoms with Crippen LogP contribution in [0.5, 0.6) is 0 Å². The molecule has 7 nitrogen and oxygen atoms in total. The van der Waals surface area contributed by atoms with Crippen LogP contribution in [0.3, 0.4) is 0 Å². The normalized spacial score (nSPS) is 11.5. The molecule has 2 aromatic rings. The van der Waals surface area contributed by atoms with Crippen LogP contribution >= 0.6 is 0 Å². The molecule has 0 atom stereocenters. The van der Waals surface area contributed by atoms with Gasteiger partial charge in [0.05, 0.1) is 5.69 Å². The third-order valence-electron chi connectivity index (χ3n) is 3.02. The van der Waals surface area contributed by atoms with Crippen molar-refractivity contribution in [1.29, 1.82) is 0 Å². The third-order valence-corrected chi connectivity index (χ3v) is 4.51. The van der Waals surface area contributed by atoms with E-state index in [2.05, 4.69) is 15.1 Å². The second-order valence-electron chi connectivity index (χ2n) is 4.51. The molecule has 0 saturated heterocycles. The van der Waals surface area contributed by atoms with Crippen LogP contribution in [-0.4, -0.2) is 31.8 Å². The topological polar surface area (TPSA) is 102 Å². The summed E-state index contributed by atoms with van der Waals surface area (Å²) in [6.45, 7) is 1.57. The van der Waals surface area contributed by atoms with Gasteiger partial charge in [-0.05, 0) is 37.7 Å². The van der Waals surface area contributed by atoms with Gasteiger partial charge in [-0.1, -0.05) is 0 Å². The number of anilines is 2. The molecule has 4 N–H and O–H groups in total. The molecule has 21 heavy (non-hydrogen) atoms. The fraction of sp³-hybridized carbons (Fsp3) is 0.308. The molecule has 0 aliphatic carbocycles. The van der Waals surface area contributed by atoms with E-state index in [4.69, 9.17) is 5.73 Å². The van der Waals surface area contributed by atoms with Gasteiger partial charge in [-0.25, -0.2) is 13.1 Å². The largest absolute Gasteiger partial charge is 0.398 e. The molecule has 0 fully saturated rings. The van der Waals surface area contributed by atoms with Crippen molar-refractivity contribution in [2.45, 2.75) is 17.9 Å². The van der Waals surface area contributed by atoms with Crippen LogP contribution in [0.4, 0.5) is 11.4 Å². The van der Waals surface area contributed by atoms with E-state index in [9.17, 15) is 8.42 Å². The van der Waals surface area contributed by atoms with Crippen molar-refractivity contribution >= 4 is 21.4 Å². The Kier molecular flexibility index (Phi) is 4.81. The molecule has 1 aromatic carbocycles. The van der Waals surface area contributed by atoms with Crippen molar-refractivity contribution in [1.82, 2.24) is 14.5 Å². The molecule has 0 amide bonds. The van der Waals surface area contributed by atoms with Crippen molar-refractivity contribution in [2.24, 2.45) is 0 Å². The average molecular weight is 309 g/mol. The van der Waals surface area contributed by atoms with Crippen molar-refractivity contribution in [2.75, 3.05) is 24.6 Å². The molecule has 1 heterocycles. The smallest absolute Gasteiger partial charge is 0.242 e. The van der Waals surface area contributed by atoms with Gasteiger partial charge in [-0.3, -0.25) is 4.68 Å². The number of nitrogens with zero attached hydrogens (tertiary/aromatic N) is 2. The number of sulfonamides is 1. The summed E-state index contributed by atoms with van der Waals surface area (Å²) in [6, 6.07) is 6.71. The zero-order valence-corrected chi connectivity index (χ0v) is 12.6. The molecule has 2 rings (SSSR count). The zero-order valence-electron chi connectivity index (χ0n) is 11.8. The zero-order chi connectivity index (χ0) is 15.3. The number of hydrogen-bond acceptors (Lipinski definition) is 5. The van der Waals surface area contributed by atoms with Gasteiger partial charge in [-0.15, -0.1) is 0 Å². The highest BCUT2D eigenvalue weighted by molar-refractivity contribution is 7.89. The Labute approximate surface area is 124 Å². The lowest BCUT2D eigenvalue weighted by Crippen LogP contribution is -2.20. The van der Waals surface area contributed by atoms with Crippen LogP contribution in [0.1, 0.15) is 6.42 Å². The van der Waals surface area contributed by atoms with Gasteiger partial charge in [0.1, 0.15) is 4.90 Å². The number of rotatable bonds is 7. The highest BCUT2D eigenvalue weighted by Gasteiger charge is 2.14. The van der Waals surface area contributed by atoms with Gasteiger partial charge in [0.15, 0.2) is 0 Å². The van der Waals surface area contributed by atoms with Crippen LogP contribution in [0.2, 0.25) is 0 Å². The summed E-state index contributed by atoms with van der Waals surface area (Å²) in [6.07, 6.45) is 4.56. The Hall–Kier alpha value is -2.06. The first-order valence-electron chi connectivity index (χ1n) is 6.57. The Morgan fingerprint density at radius 3 is 2.81 bits per heavy atom. The van der Waals surface area contributed by atoms with Crippen molar-refractivity contribution in [3.63, 3.8) is 0 Å². The van der Waals surface area contributed by atoms with Gasteiger partial charge in [0, 0.05) is 31.2 Å². The van der Waals surface area contributed by atoms with Crippen LogP contribution in [0, 0.1) is 0 Å². The molecule has 0 saturated carbocycles. The predicted octanol–water partition coefficient (Wildman–Crippen LogP) is 0.876. The minimum absolute atomic E-state index is 0.0899. The van der Waals surface area contributed by atoms with Crippen LogP contribution in [0.15, 0.2) is 41.6 Å². The first-order valence-corrected chi connectivity index (χ1v) is 8.05. The van der Waals surface area contributed by atoms with E-state index < -0.39 is 10.0 Å². The number of benzene rings is 1. The standard InChI is InChI=1S/C13H19N5O2S/c1-15-21(19,20)13-5-4-11(10-12(13)14)16-6-2-8-18-9-3-7-17-18/h3-5,7,9-10,15-16H,2,6,8,14H2,1H3. The molecule has 0 unspecified atom stereocenters. The van der Waals surface area contributed by atoms with Gasteiger partial charge in [-0.2, -0.15) is 5.10 Å². The number of nitrogens with one attached hydrogen (secondary N) is 2. The Morgan fingerprint density at radius 2 is 2.19 bits per heavy atom. The van der Waals surface area contributed by atoms with E-state index in [0.717, 1.165) is 25.2 Å². The molecule has 1 aromatic heterocycles. The molecule has 0 aliphatic heterocycles. The van der Waals surface area contributed by atoms with Crippen LogP contribution in [-0.2, 0) is 16.6 Å². The first-order chi connectivity index (χ1) is 10.0. The highest BCUT2D eigenvalue weighted by Crippen LogP contribution is 2.22. The highest BCUT2D eigenvalue weighted by atomic mass is 32.2. The van der Waals surface area contributed by atoms with E-state index in [1.54, 1.807) is 18.3 Å². The predicted molar refractivity (Wildman–Crippen MR) is 82.4 cm³/mol. The van der Waals surface area contributed by atoms with Gasteiger partial charge < -0.3 is 11.1 Å². The second kappa shape index (κ2) is 6.59. The maximum absolute atomic E-state index is 11.7. The monoisotopic (exact) mass is 309 g/mol. The van der Waals surface area contributed by atoms with E-state index in [1.165, 1.54) is 13.1 Å².